The molecule has 5 rings (SSSR count). The number of amides is 1. The molecule has 1 saturated heterocycles. The molecule has 7 nitrogen and oxygen atoms in total. The number of carbonyl (C=O) groups is 3. The summed E-state index contributed by atoms with van der Waals surface area (Å²) in [6.07, 6.45) is 9.24. The summed E-state index contributed by atoms with van der Waals surface area (Å²) in [7, 11) is 2.11. The van der Waals surface area contributed by atoms with E-state index in [1.165, 1.54) is 11.3 Å². The maximum absolute atomic E-state index is 14.4. The van der Waals surface area contributed by atoms with Crippen LogP contribution in [-0.2, 0) is 19.1 Å². The van der Waals surface area contributed by atoms with Crippen molar-refractivity contribution in [2.24, 2.45) is 17.3 Å². The summed E-state index contributed by atoms with van der Waals surface area (Å²) in [6, 6.07) is 12.0. The number of nitrogens with zero attached hydrogens (tertiary/aromatic N) is 2. The Labute approximate surface area is 273 Å². The monoisotopic (exact) mass is 644 g/mol. The molecular weight excluding hydrogens is 596 g/mol. The first kappa shape index (κ1) is 34.5. The Balaban J connectivity index is 0.00000442. The van der Waals surface area contributed by atoms with Crippen LogP contribution in [0, 0.1) is 17.3 Å². The van der Waals surface area contributed by atoms with Gasteiger partial charge >= 0.3 is 11.9 Å². The predicted octanol–water partition coefficient (Wildman–Crippen LogP) is 8.11. The minimum atomic E-state index is -1.03. The van der Waals surface area contributed by atoms with E-state index in [2.05, 4.69) is 18.9 Å². The number of piperidine rings is 1. The van der Waals surface area contributed by atoms with Gasteiger partial charge in [-0.25, -0.2) is 4.79 Å². The van der Waals surface area contributed by atoms with Gasteiger partial charge < -0.3 is 19.3 Å². The van der Waals surface area contributed by atoms with Crippen molar-refractivity contribution in [2.75, 3.05) is 25.0 Å². The Morgan fingerprint density at radius 2 is 1.59 bits per heavy atom. The van der Waals surface area contributed by atoms with E-state index in [-0.39, 0.29) is 36.2 Å². The first-order valence-corrected chi connectivity index (χ1v) is 17.1. The largest absolute Gasteiger partial charge is 0.425 e. The maximum Gasteiger partial charge on any atom is 0.353 e. The van der Waals surface area contributed by atoms with Gasteiger partial charge in [0.05, 0.1) is 11.1 Å². The molecule has 1 aromatic heterocycles. The number of hydrogen-bond acceptors (Lipinski definition) is 7. The Kier molecular flexibility index (Phi) is 11.9. The molecule has 9 heteroatoms. The van der Waals surface area contributed by atoms with E-state index in [4.69, 9.17) is 9.47 Å². The SMILES string of the molecule is CC1CCC(C(=O)N(c2cc(-c3ccccc3)sc2C(=O)OC(C)OC(=O)C2(C)CCCCC2)C2CCN(C)CC2)CC1.Cl. The van der Waals surface area contributed by atoms with Crippen LogP contribution in [0.1, 0.15) is 101 Å². The highest BCUT2D eigenvalue weighted by atomic mass is 35.5. The second-order valence-corrected chi connectivity index (χ2v) is 14.4. The van der Waals surface area contributed by atoms with Crippen molar-refractivity contribution in [3.05, 3.63) is 41.3 Å². The number of thiophene rings is 1. The van der Waals surface area contributed by atoms with Crippen LogP contribution in [0.4, 0.5) is 5.69 Å². The molecule has 1 aromatic carbocycles. The van der Waals surface area contributed by atoms with Crippen molar-refractivity contribution in [3.8, 4) is 10.4 Å². The molecule has 1 atom stereocenters. The number of carbonyl (C=O) groups excluding carboxylic acids is 3. The van der Waals surface area contributed by atoms with Gasteiger partial charge in [0.2, 0.25) is 12.2 Å². The number of likely N-dealkylation sites (tertiary alicyclic amines) is 1. The van der Waals surface area contributed by atoms with Gasteiger partial charge in [-0.2, -0.15) is 0 Å². The van der Waals surface area contributed by atoms with Crippen LogP contribution in [-0.4, -0.2) is 55.2 Å². The van der Waals surface area contributed by atoms with Crippen LogP contribution in [0.15, 0.2) is 36.4 Å². The van der Waals surface area contributed by atoms with Crippen LogP contribution < -0.4 is 4.90 Å². The molecule has 242 valence electrons. The molecule has 1 unspecified atom stereocenters. The second kappa shape index (κ2) is 15.2. The summed E-state index contributed by atoms with van der Waals surface area (Å²) in [5.41, 5.74) is 1.08. The summed E-state index contributed by atoms with van der Waals surface area (Å²) >= 11 is 1.35. The second-order valence-electron chi connectivity index (χ2n) is 13.4. The molecule has 0 N–H and O–H groups in total. The van der Waals surface area contributed by atoms with Crippen molar-refractivity contribution < 1.29 is 23.9 Å². The highest BCUT2D eigenvalue weighted by Crippen LogP contribution is 2.42. The minimum absolute atomic E-state index is 0. The molecule has 2 aromatic rings. The lowest BCUT2D eigenvalue weighted by molar-refractivity contribution is -0.178. The van der Waals surface area contributed by atoms with Gasteiger partial charge in [-0.3, -0.25) is 9.59 Å². The van der Waals surface area contributed by atoms with Gasteiger partial charge in [0, 0.05) is 23.8 Å². The summed E-state index contributed by atoms with van der Waals surface area (Å²) < 4.78 is 11.5. The van der Waals surface area contributed by atoms with E-state index in [1.807, 2.05) is 48.2 Å². The molecule has 3 aliphatic rings. The molecule has 0 bridgehead atoms. The molecule has 3 fully saturated rings. The number of anilines is 1. The number of halogens is 1. The fourth-order valence-corrected chi connectivity index (χ4v) is 8.00. The van der Waals surface area contributed by atoms with Gasteiger partial charge in [0.1, 0.15) is 4.88 Å². The molecule has 44 heavy (non-hydrogen) atoms. The zero-order valence-corrected chi connectivity index (χ0v) is 28.4. The van der Waals surface area contributed by atoms with Crippen LogP contribution >= 0.6 is 23.7 Å². The van der Waals surface area contributed by atoms with E-state index in [9.17, 15) is 14.4 Å². The lowest BCUT2D eigenvalue weighted by Gasteiger charge is -2.40. The molecule has 2 saturated carbocycles. The average Bonchev–Trinajstić information content (AvgIpc) is 3.44. The molecule has 1 aliphatic heterocycles. The third-order valence-electron chi connectivity index (χ3n) is 9.87. The third kappa shape index (κ3) is 8.04. The molecule has 2 aliphatic carbocycles. The van der Waals surface area contributed by atoms with Crippen molar-refractivity contribution in [1.82, 2.24) is 4.90 Å². The van der Waals surface area contributed by atoms with Crippen LogP contribution in [0.3, 0.4) is 0 Å². The first-order chi connectivity index (χ1) is 20.6. The van der Waals surface area contributed by atoms with Crippen molar-refractivity contribution >= 4 is 47.3 Å². The summed E-state index contributed by atoms with van der Waals surface area (Å²) in [5, 5.41) is 0. The Hall–Kier alpha value is -2.42. The van der Waals surface area contributed by atoms with Gasteiger partial charge in [-0.15, -0.1) is 23.7 Å². The van der Waals surface area contributed by atoms with E-state index in [1.54, 1.807) is 6.92 Å². The summed E-state index contributed by atoms with van der Waals surface area (Å²) in [5.74, 6) is -0.149. The Bertz CT molecular complexity index is 1260. The maximum atomic E-state index is 14.4. The van der Waals surface area contributed by atoms with Gasteiger partial charge in [0.25, 0.3) is 0 Å². The molecule has 0 spiro atoms. The fraction of sp³-hybridized carbons (Fsp3) is 0.629. The number of esters is 2. The van der Waals surface area contributed by atoms with Crippen LogP contribution in [0.5, 0.6) is 0 Å². The lowest BCUT2D eigenvalue weighted by atomic mass is 9.76. The Morgan fingerprint density at radius 1 is 0.955 bits per heavy atom. The number of ether oxygens (including phenoxy) is 2. The quantitative estimate of drug-likeness (QED) is 0.213. The lowest BCUT2D eigenvalue weighted by Crippen LogP contribution is -2.49. The van der Waals surface area contributed by atoms with Gasteiger partial charge in [-0.1, -0.05) is 56.5 Å². The van der Waals surface area contributed by atoms with Crippen molar-refractivity contribution in [1.29, 1.82) is 0 Å². The van der Waals surface area contributed by atoms with Crippen LogP contribution in [0.2, 0.25) is 0 Å². The first-order valence-electron chi connectivity index (χ1n) is 16.3. The topological polar surface area (TPSA) is 76.1 Å². The smallest absolute Gasteiger partial charge is 0.353 e. The molecule has 1 amide bonds. The van der Waals surface area contributed by atoms with E-state index in [0.717, 1.165) is 94.2 Å². The summed E-state index contributed by atoms with van der Waals surface area (Å²) in [4.78, 5) is 46.9. The number of hydrogen-bond donors (Lipinski definition) is 0. The molecule has 0 radical (unpaired) electrons. The fourth-order valence-electron chi connectivity index (χ4n) is 6.96. The van der Waals surface area contributed by atoms with E-state index in [0.29, 0.717) is 16.5 Å². The highest BCUT2D eigenvalue weighted by molar-refractivity contribution is 7.18. The van der Waals surface area contributed by atoms with Gasteiger partial charge in [0.15, 0.2) is 0 Å². The van der Waals surface area contributed by atoms with E-state index >= 15 is 0 Å². The molecular formula is C35H49ClN2O5S. The van der Waals surface area contributed by atoms with Crippen LogP contribution in [0.25, 0.3) is 10.4 Å². The number of benzene rings is 1. The Morgan fingerprint density at radius 3 is 2.23 bits per heavy atom. The van der Waals surface area contributed by atoms with Crippen molar-refractivity contribution in [3.63, 3.8) is 0 Å². The summed E-state index contributed by atoms with van der Waals surface area (Å²) in [6.45, 7) is 7.62. The normalized spacial score (nSPS) is 23.2. The highest BCUT2D eigenvalue weighted by Gasteiger charge is 2.39. The van der Waals surface area contributed by atoms with E-state index < -0.39 is 17.7 Å². The third-order valence-corrected chi connectivity index (χ3v) is 11.0. The van der Waals surface area contributed by atoms with Crippen molar-refractivity contribution in [2.45, 2.75) is 104 Å². The average molecular weight is 645 g/mol. The minimum Gasteiger partial charge on any atom is -0.425 e. The standard InChI is InChI=1S/C35H48N2O5S.ClH/c1-24-13-15-27(16-14-24)32(38)37(28-17-21-36(4)22-18-28)29-23-30(26-11-7-5-8-12-26)43-31(29)33(39)41-25(2)42-34(40)35(3)19-9-6-10-20-35;/h5,7-8,11-12,23-25,27-28H,6,9-10,13-22H2,1-4H3;1H. The van der Waals surface area contributed by atoms with Gasteiger partial charge in [-0.05, 0) is 96.0 Å². The molecule has 2 heterocycles. The number of rotatable bonds is 8. The predicted molar refractivity (Wildman–Crippen MR) is 178 cm³/mol. The zero-order valence-electron chi connectivity index (χ0n) is 26.7. The zero-order chi connectivity index (χ0) is 30.6.